The van der Waals surface area contributed by atoms with E-state index in [0.29, 0.717) is 0 Å². The summed E-state index contributed by atoms with van der Waals surface area (Å²) in [5.41, 5.74) is 0. The van der Waals surface area contributed by atoms with Gasteiger partial charge in [0.25, 0.3) is 0 Å². The monoisotopic (exact) mass is 191 g/mol. The van der Waals surface area contributed by atoms with Crippen LogP contribution in [0, 0.1) is 0 Å². The van der Waals surface area contributed by atoms with E-state index in [9.17, 15) is 14.4 Å². The third-order valence-corrected chi connectivity index (χ3v) is 1.16. The molecule has 0 saturated heterocycles. The van der Waals surface area contributed by atoms with Gasteiger partial charge in [-0.3, -0.25) is 9.59 Å². The van der Waals surface area contributed by atoms with E-state index in [4.69, 9.17) is 15.3 Å². The van der Waals surface area contributed by atoms with Gasteiger partial charge in [-0.15, -0.1) is 0 Å². The molecular weight excluding hydrogens is 182 g/mol. The fourth-order valence-electron chi connectivity index (χ4n) is 0.615. The van der Waals surface area contributed by atoms with Crippen LogP contribution in [-0.2, 0) is 14.4 Å². The minimum absolute atomic E-state index is 0.721. The molecule has 7 nitrogen and oxygen atoms in total. The molecule has 0 fully saturated rings. The Hall–Kier alpha value is -1.63. The standard InChI is InChI=1S/C6H9NO6/c8-2-4(9)7-3(6(12)13)1-5(10)11/h3,8H,1-2H2,(H,7,9)(H,10,11)(H,12,13)/t3-/m1/s1. The van der Waals surface area contributed by atoms with Crippen molar-refractivity contribution in [2.24, 2.45) is 0 Å². The van der Waals surface area contributed by atoms with Crippen LogP contribution in [0.1, 0.15) is 6.42 Å². The number of hydrogen-bond donors (Lipinski definition) is 4. The largest absolute Gasteiger partial charge is 0.481 e. The van der Waals surface area contributed by atoms with Crippen molar-refractivity contribution in [1.82, 2.24) is 5.32 Å². The zero-order valence-corrected chi connectivity index (χ0v) is 6.56. The summed E-state index contributed by atoms with van der Waals surface area (Å²) in [5, 5.41) is 26.7. The van der Waals surface area contributed by atoms with Crippen molar-refractivity contribution in [3.8, 4) is 0 Å². The van der Waals surface area contributed by atoms with Gasteiger partial charge < -0.3 is 20.6 Å². The molecule has 0 bridgehead atoms. The average Bonchev–Trinajstić information content (AvgIpc) is 2.02. The Morgan fingerprint density at radius 2 is 1.77 bits per heavy atom. The smallest absolute Gasteiger partial charge is 0.326 e. The third kappa shape index (κ3) is 4.75. The van der Waals surface area contributed by atoms with Crippen LogP contribution in [-0.4, -0.2) is 45.8 Å². The van der Waals surface area contributed by atoms with Gasteiger partial charge in [-0.05, 0) is 0 Å². The lowest BCUT2D eigenvalue weighted by molar-refractivity contribution is -0.147. The molecule has 4 N–H and O–H groups in total. The molecule has 1 amide bonds. The molecule has 0 aliphatic carbocycles. The molecule has 13 heavy (non-hydrogen) atoms. The topological polar surface area (TPSA) is 124 Å². The molecule has 0 rings (SSSR count). The summed E-state index contributed by atoms with van der Waals surface area (Å²) in [6, 6.07) is -1.50. The van der Waals surface area contributed by atoms with Gasteiger partial charge in [0, 0.05) is 0 Å². The maximum absolute atomic E-state index is 10.5. The van der Waals surface area contributed by atoms with Gasteiger partial charge in [-0.1, -0.05) is 0 Å². The Balaban J connectivity index is 4.18. The van der Waals surface area contributed by atoms with E-state index in [-0.39, 0.29) is 0 Å². The molecule has 0 aromatic heterocycles. The number of nitrogens with one attached hydrogen (secondary N) is 1. The highest BCUT2D eigenvalue weighted by Gasteiger charge is 2.22. The normalized spacial score (nSPS) is 11.8. The van der Waals surface area contributed by atoms with Crippen LogP contribution in [0.25, 0.3) is 0 Å². The van der Waals surface area contributed by atoms with Crippen molar-refractivity contribution in [3.63, 3.8) is 0 Å². The number of carboxylic acids is 2. The van der Waals surface area contributed by atoms with Crippen LogP contribution >= 0.6 is 0 Å². The highest BCUT2D eigenvalue weighted by Crippen LogP contribution is 1.92. The summed E-state index contributed by atoms with van der Waals surface area (Å²) < 4.78 is 0. The van der Waals surface area contributed by atoms with Crippen molar-refractivity contribution in [2.75, 3.05) is 6.61 Å². The first-order valence-corrected chi connectivity index (χ1v) is 3.32. The second kappa shape index (κ2) is 5.09. The molecule has 0 aromatic rings. The van der Waals surface area contributed by atoms with Gasteiger partial charge >= 0.3 is 11.9 Å². The molecule has 0 aromatic carbocycles. The fraction of sp³-hybridized carbons (Fsp3) is 0.500. The number of carbonyl (C=O) groups excluding carboxylic acids is 1. The van der Waals surface area contributed by atoms with E-state index >= 15 is 0 Å². The Morgan fingerprint density at radius 3 is 2.08 bits per heavy atom. The maximum atomic E-state index is 10.5. The van der Waals surface area contributed by atoms with Crippen molar-refractivity contribution in [3.05, 3.63) is 0 Å². The van der Waals surface area contributed by atoms with Crippen LogP contribution in [0.2, 0.25) is 0 Å². The number of hydrogen-bond acceptors (Lipinski definition) is 4. The molecule has 1 atom stereocenters. The van der Waals surface area contributed by atoms with Crippen LogP contribution in [0.15, 0.2) is 0 Å². The fourth-order valence-corrected chi connectivity index (χ4v) is 0.615. The molecule has 0 aliphatic heterocycles. The molecule has 0 unspecified atom stereocenters. The van der Waals surface area contributed by atoms with Gasteiger partial charge in [-0.2, -0.15) is 0 Å². The number of carbonyl (C=O) groups is 3. The SMILES string of the molecule is O=C(O)C[C@@H](NC(=O)CO)C(=O)O. The van der Waals surface area contributed by atoms with Crippen LogP contribution in [0.5, 0.6) is 0 Å². The Morgan fingerprint density at radius 1 is 1.23 bits per heavy atom. The first-order chi connectivity index (χ1) is 5.97. The number of aliphatic hydroxyl groups is 1. The predicted molar refractivity (Wildman–Crippen MR) is 38.9 cm³/mol. The van der Waals surface area contributed by atoms with Crippen LogP contribution in [0.4, 0.5) is 0 Å². The van der Waals surface area contributed by atoms with Crippen molar-refractivity contribution < 1.29 is 29.7 Å². The Kier molecular flexibility index (Phi) is 4.45. The number of aliphatic hydroxyl groups excluding tert-OH is 1. The molecule has 74 valence electrons. The highest BCUT2D eigenvalue weighted by molar-refractivity contribution is 5.87. The quantitative estimate of drug-likeness (QED) is 0.399. The van der Waals surface area contributed by atoms with Gasteiger partial charge in [0.15, 0.2) is 0 Å². The molecule has 0 radical (unpaired) electrons. The summed E-state index contributed by atoms with van der Waals surface area (Å²) in [5.74, 6) is -3.72. The first-order valence-electron chi connectivity index (χ1n) is 3.32. The van der Waals surface area contributed by atoms with Gasteiger partial charge in [-0.25, -0.2) is 4.79 Å². The van der Waals surface area contributed by atoms with E-state index in [1.807, 2.05) is 5.32 Å². The third-order valence-electron chi connectivity index (χ3n) is 1.16. The lowest BCUT2D eigenvalue weighted by atomic mass is 10.2. The molecule has 7 heteroatoms. The van der Waals surface area contributed by atoms with Gasteiger partial charge in [0.1, 0.15) is 12.6 Å². The minimum Gasteiger partial charge on any atom is -0.481 e. The second-order valence-electron chi connectivity index (χ2n) is 2.21. The minimum atomic E-state index is -1.50. The van der Waals surface area contributed by atoms with Gasteiger partial charge in [0.05, 0.1) is 6.42 Å². The molecule has 0 spiro atoms. The van der Waals surface area contributed by atoms with E-state index in [1.54, 1.807) is 0 Å². The Bertz CT molecular complexity index is 225. The second-order valence-corrected chi connectivity index (χ2v) is 2.21. The Labute approximate surface area is 73.0 Å². The number of carboxylic acid groups (broad SMARTS) is 2. The molecular formula is C6H9NO6. The lowest BCUT2D eigenvalue weighted by Crippen LogP contribution is -2.43. The number of aliphatic carboxylic acids is 2. The molecule has 0 saturated carbocycles. The van der Waals surface area contributed by atoms with Crippen LogP contribution in [0.3, 0.4) is 0 Å². The molecule has 0 aliphatic rings. The summed E-state index contributed by atoms with van der Waals surface area (Å²) in [4.78, 5) is 30.9. The van der Waals surface area contributed by atoms with Crippen molar-refractivity contribution in [2.45, 2.75) is 12.5 Å². The average molecular weight is 191 g/mol. The van der Waals surface area contributed by atoms with Crippen molar-refractivity contribution in [1.29, 1.82) is 0 Å². The molecule has 0 heterocycles. The van der Waals surface area contributed by atoms with E-state index in [0.717, 1.165) is 0 Å². The summed E-state index contributed by atoms with van der Waals surface area (Å²) in [6.07, 6.45) is -0.721. The first kappa shape index (κ1) is 11.4. The maximum Gasteiger partial charge on any atom is 0.326 e. The van der Waals surface area contributed by atoms with E-state index in [2.05, 4.69) is 0 Å². The highest BCUT2D eigenvalue weighted by atomic mass is 16.4. The number of amides is 1. The summed E-state index contributed by atoms with van der Waals surface area (Å²) in [6.45, 7) is -0.872. The number of rotatable bonds is 5. The lowest BCUT2D eigenvalue weighted by Gasteiger charge is -2.10. The zero-order chi connectivity index (χ0) is 10.4. The van der Waals surface area contributed by atoms with Crippen LogP contribution < -0.4 is 5.32 Å². The zero-order valence-electron chi connectivity index (χ0n) is 6.56. The van der Waals surface area contributed by atoms with Crippen molar-refractivity contribution >= 4 is 17.8 Å². The van der Waals surface area contributed by atoms with Gasteiger partial charge in [0.2, 0.25) is 5.91 Å². The summed E-state index contributed by atoms with van der Waals surface area (Å²) in [7, 11) is 0. The van der Waals surface area contributed by atoms with E-state index in [1.165, 1.54) is 0 Å². The predicted octanol–water partition coefficient (Wildman–Crippen LogP) is -1.98. The van der Waals surface area contributed by atoms with E-state index < -0.39 is 36.9 Å². The summed E-state index contributed by atoms with van der Waals surface area (Å²) >= 11 is 0.